The number of aromatic amines is 1. The molecule has 1 aromatic rings. The van der Waals surface area contributed by atoms with Gasteiger partial charge in [-0.25, -0.2) is 0 Å². The summed E-state index contributed by atoms with van der Waals surface area (Å²) in [5.41, 5.74) is 1.46. The Kier molecular flexibility index (Phi) is 4.99. The van der Waals surface area contributed by atoms with E-state index < -0.39 is 0 Å². The van der Waals surface area contributed by atoms with Crippen LogP contribution in [0.25, 0.3) is 0 Å². The molecule has 0 aliphatic carbocycles. The summed E-state index contributed by atoms with van der Waals surface area (Å²) in [5.74, 6) is 0.516. The summed E-state index contributed by atoms with van der Waals surface area (Å²) in [7, 11) is 0. The summed E-state index contributed by atoms with van der Waals surface area (Å²) in [5, 5.41) is 13.3. The molecule has 1 fully saturated rings. The molecule has 1 unspecified atom stereocenters. The van der Waals surface area contributed by atoms with Crippen LogP contribution in [0.4, 0.5) is 0 Å². The first-order chi connectivity index (χ1) is 8.68. The molecular weight excluding hydrogens is 343 g/mol. The zero-order valence-electron chi connectivity index (χ0n) is 10.6. The monoisotopic (exact) mass is 362 g/mol. The Labute approximate surface area is 121 Å². The number of nitrogens with zero attached hydrogens (tertiary/aromatic N) is 1. The minimum atomic E-state index is -0.0686. The number of hydrogen-bond donors (Lipinski definition) is 3. The maximum atomic E-state index is 12.0. The van der Waals surface area contributed by atoms with E-state index in [4.69, 9.17) is 0 Å². The van der Waals surface area contributed by atoms with Crippen molar-refractivity contribution in [2.75, 3.05) is 19.6 Å². The number of halogens is 1. The molecule has 0 bridgehead atoms. The van der Waals surface area contributed by atoms with Crippen molar-refractivity contribution in [2.24, 2.45) is 5.92 Å². The van der Waals surface area contributed by atoms with E-state index in [1.54, 1.807) is 0 Å². The van der Waals surface area contributed by atoms with Crippen molar-refractivity contribution in [3.63, 3.8) is 0 Å². The molecule has 2 rings (SSSR count). The minimum absolute atomic E-state index is 0.0686. The van der Waals surface area contributed by atoms with Crippen LogP contribution in [0.5, 0.6) is 0 Å². The smallest absolute Gasteiger partial charge is 0.272 e. The van der Waals surface area contributed by atoms with Crippen molar-refractivity contribution < 1.29 is 4.79 Å². The summed E-state index contributed by atoms with van der Waals surface area (Å²) in [6.45, 7) is 4.82. The van der Waals surface area contributed by atoms with Crippen molar-refractivity contribution in [1.29, 1.82) is 0 Å². The SMILES string of the molecule is Cc1[nH]nc(C(=O)NCC2CCCNCC2)c1I. The lowest BCUT2D eigenvalue weighted by molar-refractivity contribution is 0.0940. The first-order valence-electron chi connectivity index (χ1n) is 6.38. The number of amides is 1. The minimum Gasteiger partial charge on any atom is -0.350 e. The first kappa shape index (κ1) is 13.8. The Morgan fingerprint density at radius 1 is 1.50 bits per heavy atom. The molecule has 3 N–H and O–H groups in total. The van der Waals surface area contributed by atoms with Gasteiger partial charge in [-0.2, -0.15) is 5.10 Å². The highest BCUT2D eigenvalue weighted by Gasteiger charge is 2.17. The molecule has 0 radical (unpaired) electrons. The van der Waals surface area contributed by atoms with Crippen LogP contribution in [0, 0.1) is 16.4 Å². The second kappa shape index (κ2) is 6.51. The standard InChI is InChI=1S/C12H19IN4O/c1-8-10(13)11(17-16-8)12(18)15-7-9-3-2-5-14-6-4-9/h9,14H,2-7H2,1H3,(H,15,18)(H,16,17). The van der Waals surface area contributed by atoms with Gasteiger partial charge in [-0.05, 0) is 67.8 Å². The second-order valence-corrected chi connectivity index (χ2v) is 5.85. The molecule has 0 saturated carbocycles. The Morgan fingerprint density at radius 3 is 3.06 bits per heavy atom. The molecule has 1 aliphatic heterocycles. The van der Waals surface area contributed by atoms with E-state index in [-0.39, 0.29) is 5.91 Å². The highest BCUT2D eigenvalue weighted by atomic mass is 127. The van der Waals surface area contributed by atoms with Gasteiger partial charge >= 0.3 is 0 Å². The van der Waals surface area contributed by atoms with Gasteiger partial charge in [0, 0.05) is 12.2 Å². The number of rotatable bonds is 3. The normalized spacial score (nSPS) is 20.4. The fourth-order valence-corrected chi connectivity index (χ4v) is 2.67. The van der Waals surface area contributed by atoms with Gasteiger partial charge in [0.2, 0.25) is 0 Å². The van der Waals surface area contributed by atoms with Gasteiger partial charge < -0.3 is 10.6 Å². The quantitative estimate of drug-likeness (QED) is 0.713. The van der Waals surface area contributed by atoms with Crippen LogP contribution in [0.2, 0.25) is 0 Å². The Hall–Kier alpha value is -0.630. The fourth-order valence-electron chi connectivity index (χ4n) is 2.18. The number of hydrogen-bond acceptors (Lipinski definition) is 3. The van der Waals surface area contributed by atoms with Gasteiger partial charge in [-0.1, -0.05) is 0 Å². The lowest BCUT2D eigenvalue weighted by Gasteiger charge is -2.13. The molecule has 0 aromatic carbocycles. The lowest BCUT2D eigenvalue weighted by Crippen LogP contribution is -2.30. The predicted octanol–water partition coefficient (Wildman–Crippen LogP) is 1.44. The van der Waals surface area contributed by atoms with E-state index in [1.807, 2.05) is 6.92 Å². The van der Waals surface area contributed by atoms with Gasteiger partial charge in [0.1, 0.15) is 0 Å². The van der Waals surface area contributed by atoms with E-state index in [1.165, 1.54) is 12.8 Å². The summed E-state index contributed by atoms with van der Waals surface area (Å²) in [4.78, 5) is 12.0. The lowest BCUT2D eigenvalue weighted by atomic mass is 10.0. The molecule has 1 aromatic heterocycles. The number of H-pyrrole nitrogens is 1. The van der Waals surface area contributed by atoms with E-state index in [0.29, 0.717) is 11.6 Å². The van der Waals surface area contributed by atoms with Crippen LogP contribution >= 0.6 is 22.6 Å². The predicted molar refractivity (Wildman–Crippen MR) is 78.6 cm³/mol. The second-order valence-electron chi connectivity index (χ2n) is 4.77. The molecule has 1 saturated heterocycles. The molecule has 0 spiro atoms. The van der Waals surface area contributed by atoms with Gasteiger partial charge in [0.05, 0.1) is 3.57 Å². The van der Waals surface area contributed by atoms with Crippen molar-refractivity contribution >= 4 is 28.5 Å². The molecule has 6 heteroatoms. The maximum absolute atomic E-state index is 12.0. The highest BCUT2D eigenvalue weighted by Crippen LogP contribution is 2.15. The van der Waals surface area contributed by atoms with Crippen molar-refractivity contribution in [3.05, 3.63) is 15.0 Å². The van der Waals surface area contributed by atoms with Gasteiger partial charge in [-0.3, -0.25) is 9.89 Å². The zero-order chi connectivity index (χ0) is 13.0. The molecule has 18 heavy (non-hydrogen) atoms. The first-order valence-corrected chi connectivity index (χ1v) is 7.45. The van der Waals surface area contributed by atoms with E-state index in [2.05, 4.69) is 43.4 Å². The molecular formula is C12H19IN4O. The van der Waals surface area contributed by atoms with Crippen LogP contribution < -0.4 is 10.6 Å². The Bertz CT molecular complexity index is 410. The van der Waals surface area contributed by atoms with E-state index in [9.17, 15) is 4.79 Å². The van der Waals surface area contributed by atoms with Crippen molar-refractivity contribution in [1.82, 2.24) is 20.8 Å². The Morgan fingerprint density at radius 2 is 2.33 bits per heavy atom. The number of nitrogens with one attached hydrogen (secondary N) is 3. The van der Waals surface area contributed by atoms with Crippen LogP contribution in [0.15, 0.2) is 0 Å². The van der Waals surface area contributed by atoms with E-state index >= 15 is 0 Å². The van der Waals surface area contributed by atoms with Crippen molar-refractivity contribution in [2.45, 2.75) is 26.2 Å². The third-order valence-electron chi connectivity index (χ3n) is 3.33. The van der Waals surface area contributed by atoms with Crippen molar-refractivity contribution in [3.8, 4) is 0 Å². The molecule has 100 valence electrons. The number of aryl methyl sites for hydroxylation is 1. The number of carbonyl (C=O) groups is 1. The van der Waals surface area contributed by atoms with Crippen LogP contribution in [-0.4, -0.2) is 35.7 Å². The largest absolute Gasteiger partial charge is 0.350 e. The molecule has 1 atom stereocenters. The van der Waals surface area contributed by atoms with Gasteiger partial charge in [0.15, 0.2) is 5.69 Å². The van der Waals surface area contributed by atoms with E-state index in [0.717, 1.165) is 35.3 Å². The highest BCUT2D eigenvalue weighted by molar-refractivity contribution is 14.1. The average molecular weight is 362 g/mol. The third-order valence-corrected chi connectivity index (χ3v) is 4.65. The molecule has 2 heterocycles. The summed E-state index contributed by atoms with van der Waals surface area (Å²) >= 11 is 2.15. The molecule has 5 nitrogen and oxygen atoms in total. The summed E-state index contributed by atoms with van der Waals surface area (Å²) < 4.78 is 0.910. The van der Waals surface area contributed by atoms with Crippen LogP contribution in [0.3, 0.4) is 0 Å². The molecule has 1 aliphatic rings. The van der Waals surface area contributed by atoms with Crippen LogP contribution in [-0.2, 0) is 0 Å². The number of aromatic nitrogens is 2. The average Bonchev–Trinajstić information content (AvgIpc) is 2.60. The third kappa shape index (κ3) is 3.44. The van der Waals surface area contributed by atoms with Gasteiger partial charge in [0.25, 0.3) is 5.91 Å². The number of carbonyl (C=O) groups excluding carboxylic acids is 1. The summed E-state index contributed by atoms with van der Waals surface area (Å²) in [6, 6.07) is 0. The molecule has 1 amide bonds. The summed E-state index contributed by atoms with van der Waals surface area (Å²) in [6.07, 6.45) is 3.51. The zero-order valence-corrected chi connectivity index (χ0v) is 12.7. The van der Waals surface area contributed by atoms with Crippen LogP contribution in [0.1, 0.15) is 35.4 Å². The van der Waals surface area contributed by atoms with Gasteiger partial charge in [-0.15, -0.1) is 0 Å². The topological polar surface area (TPSA) is 69.8 Å². The maximum Gasteiger partial charge on any atom is 0.272 e. The Balaban J connectivity index is 1.86. The fraction of sp³-hybridized carbons (Fsp3) is 0.667.